The van der Waals surface area contributed by atoms with Gasteiger partial charge in [0.15, 0.2) is 5.17 Å². The molecule has 0 saturated carbocycles. The first-order valence-corrected chi connectivity index (χ1v) is 15.6. The van der Waals surface area contributed by atoms with Crippen LogP contribution in [-0.4, -0.2) is 38.3 Å². The minimum absolute atomic E-state index is 0.173. The largest absolute Gasteiger partial charge is 0.478 e. The fourth-order valence-electron chi connectivity index (χ4n) is 4.78. The van der Waals surface area contributed by atoms with Gasteiger partial charge >= 0.3 is 5.97 Å². The molecule has 6 rings (SSSR count). The second-order valence-electron chi connectivity index (χ2n) is 10.2. The van der Waals surface area contributed by atoms with Crippen molar-refractivity contribution in [3.05, 3.63) is 130 Å². The third-order valence-corrected chi connectivity index (χ3v) is 8.64. The molecule has 0 fully saturated rings. The fourth-order valence-corrected chi connectivity index (χ4v) is 5.97. The monoisotopic (exact) mass is 676 g/mol. The number of aliphatic imine (C=N–C) groups is 1. The van der Waals surface area contributed by atoms with Crippen molar-refractivity contribution in [3.8, 4) is 11.3 Å². The Bertz CT molecular complexity index is 1990. The molecule has 2 amide bonds. The number of rotatable bonds is 7. The topological polar surface area (TPSA) is 112 Å². The molecular formula is C35H25BrN4O4S. The Morgan fingerprint density at radius 3 is 2.33 bits per heavy atom. The van der Waals surface area contributed by atoms with Gasteiger partial charge in [0.2, 0.25) is 5.91 Å². The van der Waals surface area contributed by atoms with Crippen LogP contribution in [0.25, 0.3) is 28.2 Å². The van der Waals surface area contributed by atoms with Crippen molar-refractivity contribution in [2.45, 2.75) is 12.2 Å². The third kappa shape index (κ3) is 6.57. The van der Waals surface area contributed by atoms with E-state index in [0.717, 1.165) is 10.0 Å². The minimum atomic E-state index is -1.03. The van der Waals surface area contributed by atoms with Crippen LogP contribution in [0.2, 0.25) is 0 Å². The normalized spacial score (nSPS) is 14.4. The fraction of sp³-hybridized carbons (Fsp3) is 0.0571. The van der Waals surface area contributed by atoms with Gasteiger partial charge in [0.05, 0.1) is 27.7 Å². The Kier molecular flexibility index (Phi) is 8.59. The number of amides is 2. The highest BCUT2D eigenvalue weighted by Crippen LogP contribution is 2.32. The van der Waals surface area contributed by atoms with E-state index in [4.69, 9.17) is 0 Å². The minimum Gasteiger partial charge on any atom is -0.478 e. The summed E-state index contributed by atoms with van der Waals surface area (Å²) in [6.45, 7) is 1.76. The number of aromatic carboxylic acids is 1. The number of carbonyl (C=O) groups is 3. The van der Waals surface area contributed by atoms with Gasteiger partial charge in [0.1, 0.15) is 5.70 Å². The van der Waals surface area contributed by atoms with Crippen LogP contribution in [0.15, 0.2) is 124 Å². The number of nitrogens with zero attached hydrogens (tertiary/aromatic N) is 3. The predicted octanol–water partition coefficient (Wildman–Crippen LogP) is 7.87. The number of carboxylic acids is 1. The lowest BCUT2D eigenvalue weighted by molar-refractivity contribution is -0.115. The van der Waals surface area contributed by atoms with E-state index in [1.807, 2.05) is 60.7 Å². The van der Waals surface area contributed by atoms with E-state index in [0.29, 0.717) is 38.7 Å². The van der Waals surface area contributed by atoms with E-state index in [1.165, 1.54) is 16.7 Å². The molecule has 1 aliphatic heterocycles. The van der Waals surface area contributed by atoms with Gasteiger partial charge in [-0.05, 0) is 67.1 Å². The summed E-state index contributed by atoms with van der Waals surface area (Å²) >= 11 is 4.62. The lowest BCUT2D eigenvalue weighted by Gasteiger charge is -2.20. The molecular weight excluding hydrogens is 652 g/mol. The van der Waals surface area contributed by atoms with Gasteiger partial charge in [-0.1, -0.05) is 88.4 Å². The van der Waals surface area contributed by atoms with Gasteiger partial charge < -0.3 is 10.4 Å². The molecule has 0 bridgehead atoms. The number of benzene rings is 4. The first-order valence-electron chi connectivity index (χ1n) is 13.9. The van der Waals surface area contributed by atoms with Crippen molar-refractivity contribution in [3.63, 3.8) is 0 Å². The maximum atomic E-state index is 13.5. The summed E-state index contributed by atoms with van der Waals surface area (Å²) in [5.41, 5.74) is 4.32. The molecule has 0 saturated heterocycles. The molecule has 1 unspecified atom stereocenters. The zero-order valence-electron chi connectivity index (χ0n) is 23.8. The van der Waals surface area contributed by atoms with E-state index in [9.17, 15) is 19.5 Å². The Balaban J connectivity index is 1.20. The summed E-state index contributed by atoms with van der Waals surface area (Å²) in [5, 5.41) is 13.0. The summed E-state index contributed by atoms with van der Waals surface area (Å²) in [7, 11) is 0. The van der Waals surface area contributed by atoms with Crippen molar-refractivity contribution in [1.82, 2.24) is 4.98 Å². The van der Waals surface area contributed by atoms with Crippen LogP contribution in [0.1, 0.15) is 22.8 Å². The second kappa shape index (κ2) is 12.9. The molecule has 2 heterocycles. The van der Waals surface area contributed by atoms with Crippen LogP contribution in [-0.2, 0) is 9.59 Å². The van der Waals surface area contributed by atoms with E-state index >= 15 is 0 Å². The van der Waals surface area contributed by atoms with Crippen molar-refractivity contribution in [1.29, 1.82) is 0 Å². The number of halogens is 1. The first-order chi connectivity index (χ1) is 21.8. The number of pyridine rings is 1. The maximum absolute atomic E-state index is 13.5. The number of aromatic nitrogens is 1. The average Bonchev–Trinajstić information content (AvgIpc) is 3.35. The Morgan fingerprint density at radius 2 is 1.62 bits per heavy atom. The summed E-state index contributed by atoms with van der Waals surface area (Å²) in [6.07, 6.45) is 1.73. The molecule has 10 heteroatoms. The van der Waals surface area contributed by atoms with E-state index in [-0.39, 0.29) is 23.1 Å². The van der Waals surface area contributed by atoms with Gasteiger partial charge in [0, 0.05) is 21.1 Å². The molecule has 222 valence electrons. The highest BCUT2D eigenvalue weighted by molar-refractivity contribution is 9.10. The van der Waals surface area contributed by atoms with E-state index in [2.05, 4.69) is 31.2 Å². The van der Waals surface area contributed by atoms with Crippen molar-refractivity contribution < 1.29 is 19.5 Å². The molecule has 1 atom stereocenters. The van der Waals surface area contributed by atoms with Crippen molar-refractivity contribution in [2.75, 3.05) is 10.2 Å². The third-order valence-electron chi connectivity index (χ3n) is 7.06. The molecule has 0 radical (unpaired) electrons. The number of para-hydroxylation sites is 2. The van der Waals surface area contributed by atoms with Crippen molar-refractivity contribution >= 4 is 79.0 Å². The SMILES string of the molecule is CC(SC1=N/C(=C\c2ccc(Br)cc2)C(=O)N1c1ccccc1)C(=O)Nc1ccc(-c2cc(C(=O)O)c3ccccc3n2)cc1. The summed E-state index contributed by atoms with van der Waals surface area (Å²) in [4.78, 5) is 49.4. The average molecular weight is 678 g/mol. The standard InChI is InChI=1S/C35H25BrN4O4S/c1-21(45-35-39-31(19-22-11-15-24(36)16-12-22)33(42)40(35)26-7-3-2-4-8-26)32(41)37-25-17-13-23(14-18-25)30-20-28(34(43)44)27-9-5-6-10-29(27)38-30/h2-21H,1H3,(H,37,41)(H,43,44)/b31-19-. The number of hydrogen-bond donors (Lipinski definition) is 2. The number of carboxylic acid groups (broad SMARTS) is 1. The van der Waals surface area contributed by atoms with Crippen LogP contribution in [0.5, 0.6) is 0 Å². The highest BCUT2D eigenvalue weighted by atomic mass is 79.9. The number of anilines is 2. The molecule has 8 nitrogen and oxygen atoms in total. The van der Waals surface area contributed by atoms with Gasteiger partial charge in [-0.2, -0.15) is 0 Å². The van der Waals surface area contributed by atoms with Crippen LogP contribution in [0, 0.1) is 0 Å². The lowest BCUT2D eigenvalue weighted by atomic mass is 10.0. The molecule has 0 spiro atoms. The molecule has 0 aliphatic carbocycles. The Morgan fingerprint density at radius 1 is 0.933 bits per heavy atom. The first kappa shape index (κ1) is 30.0. The maximum Gasteiger partial charge on any atom is 0.336 e. The van der Waals surface area contributed by atoms with Crippen LogP contribution in [0.3, 0.4) is 0 Å². The smallest absolute Gasteiger partial charge is 0.336 e. The number of thioether (sulfide) groups is 1. The zero-order valence-corrected chi connectivity index (χ0v) is 26.2. The van der Waals surface area contributed by atoms with Gasteiger partial charge in [-0.3, -0.25) is 14.5 Å². The number of carbonyl (C=O) groups excluding carboxylic acids is 2. The van der Waals surface area contributed by atoms with Gasteiger partial charge in [0.25, 0.3) is 5.91 Å². The van der Waals surface area contributed by atoms with Gasteiger partial charge in [-0.15, -0.1) is 0 Å². The Labute approximate surface area is 271 Å². The van der Waals surface area contributed by atoms with Crippen LogP contribution in [0.4, 0.5) is 11.4 Å². The summed E-state index contributed by atoms with van der Waals surface area (Å²) in [6, 6.07) is 32.5. The molecule has 5 aromatic rings. The molecule has 2 N–H and O–H groups in total. The summed E-state index contributed by atoms with van der Waals surface area (Å²) < 4.78 is 0.931. The quantitative estimate of drug-likeness (QED) is 0.170. The van der Waals surface area contributed by atoms with Gasteiger partial charge in [-0.25, -0.2) is 14.8 Å². The lowest BCUT2D eigenvalue weighted by Crippen LogP contribution is -2.33. The Hall–Kier alpha value is -5.06. The number of fused-ring (bicyclic) bond motifs is 1. The number of amidine groups is 1. The number of nitrogens with one attached hydrogen (secondary N) is 1. The second-order valence-corrected chi connectivity index (χ2v) is 12.4. The molecule has 4 aromatic carbocycles. The highest BCUT2D eigenvalue weighted by Gasteiger charge is 2.34. The van der Waals surface area contributed by atoms with Crippen LogP contribution < -0.4 is 10.2 Å². The molecule has 45 heavy (non-hydrogen) atoms. The molecule has 1 aliphatic rings. The van der Waals surface area contributed by atoms with Crippen molar-refractivity contribution in [2.24, 2.45) is 4.99 Å². The van der Waals surface area contributed by atoms with Crippen LogP contribution >= 0.6 is 27.7 Å². The zero-order chi connectivity index (χ0) is 31.5. The summed E-state index contributed by atoms with van der Waals surface area (Å²) in [5.74, 6) is -1.57. The predicted molar refractivity (Wildman–Crippen MR) is 183 cm³/mol. The van der Waals surface area contributed by atoms with E-state index < -0.39 is 11.2 Å². The number of hydrogen-bond acceptors (Lipinski definition) is 6. The van der Waals surface area contributed by atoms with E-state index in [1.54, 1.807) is 61.5 Å². The molecule has 1 aromatic heterocycles.